The molecule has 0 radical (unpaired) electrons. The van der Waals surface area contributed by atoms with E-state index in [0.717, 1.165) is 19.3 Å². The number of carbonyl (C=O) groups excluding carboxylic acids is 2. The second-order valence-corrected chi connectivity index (χ2v) is 5.03. The average molecular weight is 256 g/mol. The number of nitrogens with one attached hydrogen (secondary N) is 1. The second kappa shape index (κ2) is 7.36. The molecule has 1 aliphatic heterocycles. The molecule has 1 rings (SSSR count). The summed E-state index contributed by atoms with van der Waals surface area (Å²) in [5.74, 6) is 0.0396. The van der Waals surface area contributed by atoms with Crippen molar-refractivity contribution in [3.63, 3.8) is 0 Å². The number of hydrogen-bond acceptors (Lipinski definition) is 3. The van der Waals surface area contributed by atoms with Gasteiger partial charge in [0.2, 0.25) is 11.8 Å². The van der Waals surface area contributed by atoms with Gasteiger partial charge in [-0.05, 0) is 25.2 Å². The van der Waals surface area contributed by atoms with E-state index in [4.69, 9.17) is 5.11 Å². The molecule has 0 aromatic carbocycles. The first kappa shape index (κ1) is 15.0. The zero-order chi connectivity index (χ0) is 13.5. The molecule has 0 bridgehead atoms. The number of nitrogens with zero attached hydrogens (tertiary/aromatic N) is 1. The molecule has 18 heavy (non-hydrogen) atoms. The van der Waals surface area contributed by atoms with Crippen LogP contribution in [0.5, 0.6) is 0 Å². The van der Waals surface area contributed by atoms with Crippen LogP contribution in [-0.2, 0) is 9.59 Å². The van der Waals surface area contributed by atoms with Crippen molar-refractivity contribution in [2.24, 2.45) is 5.92 Å². The highest BCUT2D eigenvalue weighted by molar-refractivity contribution is 5.88. The normalized spacial score (nSPS) is 20.8. The molecule has 0 aromatic heterocycles. The molecule has 0 aliphatic carbocycles. The number of aliphatic hydroxyl groups excluding tert-OH is 1. The van der Waals surface area contributed by atoms with Crippen LogP contribution in [0.25, 0.3) is 0 Å². The maximum atomic E-state index is 12.0. The summed E-state index contributed by atoms with van der Waals surface area (Å²) < 4.78 is 0. The monoisotopic (exact) mass is 256 g/mol. The Morgan fingerprint density at radius 2 is 2.22 bits per heavy atom. The van der Waals surface area contributed by atoms with E-state index in [9.17, 15) is 9.59 Å². The van der Waals surface area contributed by atoms with Gasteiger partial charge in [-0.1, -0.05) is 13.8 Å². The number of rotatable bonds is 6. The molecule has 2 unspecified atom stereocenters. The molecule has 2 amide bonds. The number of hydrogen-bond donors (Lipinski definition) is 2. The summed E-state index contributed by atoms with van der Waals surface area (Å²) in [7, 11) is 0. The van der Waals surface area contributed by atoms with Crippen LogP contribution in [-0.4, -0.2) is 47.6 Å². The highest BCUT2D eigenvalue weighted by atomic mass is 16.3. The van der Waals surface area contributed by atoms with Crippen molar-refractivity contribution in [2.45, 2.75) is 45.6 Å². The fraction of sp³-hybridized carbons (Fsp3) is 0.846. The van der Waals surface area contributed by atoms with Crippen LogP contribution in [0.1, 0.15) is 39.5 Å². The Hall–Kier alpha value is -1.10. The maximum absolute atomic E-state index is 12.0. The summed E-state index contributed by atoms with van der Waals surface area (Å²) in [6.07, 6.45) is 2.96. The smallest absolute Gasteiger partial charge is 0.242 e. The average Bonchev–Trinajstić information content (AvgIpc) is 2.85. The van der Waals surface area contributed by atoms with E-state index in [-0.39, 0.29) is 30.4 Å². The molecule has 5 nitrogen and oxygen atoms in total. The van der Waals surface area contributed by atoms with E-state index < -0.39 is 0 Å². The van der Waals surface area contributed by atoms with Crippen LogP contribution >= 0.6 is 0 Å². The molecule has 2 atom stereocenters. The molecular weight excluding hydrogens is 232 g/mol. The standard InChI is InChI=1S/C13H24N2O3/c1-3-5-12(17)15-7-4-6-11(15)13(18)14-8-10(2)9-16/h10-11,16H,3-9H2,1-2H3,(H,14,18). The molecule has 0 saturated carbocycles. The molecule has 0 aromatic rings. The summed E-state index contributed by atoms with van der Waals surface area (Å²) in [6.45, 7) is 5.04. The van der Waals surface area contributed by atoms with Gasteiger partial charge < -0.3 is 15.3 Å². The lowest BCUT2D eigenvalue weighted by Crippen LogP contribution is -2.46. The quantitative estimate of drug-likeness (QED) is 0.728. The van der Waals surface area contributed by atoms with Gasteiger partial charge in [-0.2, -0.15) is 0 Å². The van der Waals surface area contributed by atoms with Crippen LogP contribution in [0.15, 0.2) is 0 Å². The van der Waals surface area contributed by atoms with Gasteiger partial charge in [0.25, 0.3) is 0 Å². The Balaban J connectivity index is 2.48. The van der Waals surface area contributed by atoms with Gasteiger partial charge in [-0.25, -0.2) is 0 Å². The van der Waals surface area contributed by atoms with Crippen LogP contribution in [0.2, 0.25) is 0 Å². The maximum Gasteiger partial charge on any atom is 0.242 e. The van der Waals surface area contributed by atoms with Gasteiger partial charge in [0, 0.05) is 26.1 Å². The SMILES string of the molecule is CCCC(=O)N1CCCC1C(=O)NCC(C)CO. The van der Waals surface area contributed by atoms with E-state index in [1.165, 1.54) is 0 Å². The van der Waals surface area contributed by atoms with E-state index in [2.05, 4.69) is 5.32 Å². The topological polar surface area (TPSA) is 69.6 Å². The zero-order valence-corrected chi connectivity index (χ0v) is 11.3. The van der Waals surface area contributed by atoms with Crippen molar-refractivity contribution >= 4 is 11.8 Å². The van der Waals surface area contributed by atoms with Crippen LogP contribution in [0, 0.1) is 5.92 Å². The number of carbonyl (C=O) groups is 2. The van der Waals surface area contributed by atoms with Crippen LogP contribution in [0.3, 0.4) is 0 Å². The third-order valence-electron chi connectivity index (χ3n) is 3.28. The van der Waals surface area contributed by atoms with E-state index in [1.54, 1.807) is 4.90 Å². The van der Waals surface area contributed by atoms with Gasteiger partial charge in [0.05, 0.1) is 0 Å². The Labute approximate surface area is 109 Å². The van der Waals surface area contributed by atoms with Crippen LogP contribution in [0.4, 0.5) is 0 Å². The largest absolute Gasteiger partial charge is 0.396 e. The third kappa shape index (κ3) is 3.98. The third-order valence-corrected chi connectivity index (χ3v) is 3.28. The molecule has 1 saturated heterocycles. The van der Waals surface area contributed by atoms with Gasteiger partial charge in [-0.15, -0.1) is 0 Å². The Morgan fingerprint density at radius 1 is 1.50 bits per heavy atom. The molecule has 2 N–H and O–H groups in total. The molecule has 1 fully saturated rings. The van der Waals surface area contributed by atoms with Crippen molar-refractivity contribution < 1.29 is 14.7 Å². The summed E-state index contributed by atoms with van der Waals surface area (Å²) in [5.41, 5.74) is 0. The molecular formula is C13H24N2O3. The van der Waals surface area contributed by atoms with Gasteiger partial charge >= 0.3 is 0 Å². The lowest BCUT2D eigenvalue weighted by molar-refractivity contribution is -0.138. The lowest BCUT2D eigenvalue weighted by Gasteiger charge is -2.24. The van der Waals surface area contributed by atoms with Crippen molar-refractivity contribution in [2.75, 3.05) is 19.7 Å². The Kier molecular flexibility index (Phi) is 6.12. The first-order chi connectivity index (χ1) is 8.60. The minimum atomic E-state index is -0.310. The predicted molar refractivity (Wildman–Crippen MR) is 68.9 cm³/mol. The first-order valence-corrected chi connectivity index (χ1v) is 6.78. The first-order valence-electron chi connectivity index (χ1n) is 6.78. The van der Waals surface area contributed by atoms with Crippen LogP contribution < -0.4 is 5.32 Å². The van der Waals surface area contributed by atoms with Crippen molar-refractivity contribution in [1.29, 1.82) is 0 Å². The molecule has 1 aliphatic rings. The van der Waals surface area contributed by atoms with Gasteiger partial charge in [-0.3, -0.25) is 9.59 Å². The second-order valence-electron chi connectivity index (χ2n) is 5.03. The highest BCUT2D eigenvalue weighted by Crippen LogP contribution is 2.18. The van der Waals surface area contributed by atoms with Crippen molar-refractivity contribution in [3.05, 3.63) is 0 Å². The minimum Gasteiger partial charge on any atom is -0.396 e. The summed E-state index contributed by atoms with van der Waals surface area (Å²) >= 11 is 0. The fourth-order valence-electron chi connectivity index (χ4n) is 2.15. The summed E-state index contributed by atoms with van der Waals surface area (Å²) in [5, 5.41) is 11.7. The van der Waals surface area contributed by atoms with Gasteiger partial charge in [0.1, 0.15) is 6.04 Å². The van der Waals surface area contributed by atoms with E-state index in [0.29, 0.717) is 19.5 Å². The van der Waals surface area contributed by atoms with Gasteiger partial charge in [0.15, 0.2) is 0 Å². The highest BCUT2D eigenvalue weighted by Gasteiger charge is 2.33. The predicted octanol–water partition coefficient (Wildman–Crippen LogP) is 0.522. The minimum absolute atomic E-state index is 0.0511. The number of likely N-dealkylation sites (tertiary alicyclic amines) is 1. The lowest BCUT2D eigenvalue weighted by atomic mass is 10.1. The Morgan fingerprint density at radius 3 is 2.83 bits per heavy atom. The number of aliphatic hydroxyl groups is 1. The Bertz CT molecular complexity index is 294. The summed E-state index contributed by atoms with van der Waals surface area (Å²) in [4.78, 5) is 25.6. The molecule has 5 heteroatoms. The number of amides is 2. The van der Waals surface area contributed by atoms with Crippen molar-refractivity contribution in [1.82, 2.24) is 10.2 Å². The molecule has 104 valence electrons. The summed E-state index contributed by atoms with van der Waals surface area (Å²) in [6, 6.07) is -0.310. The van der Waals surface area contributed by atoms with E-state index in [1.807, 2.05) is 13.8 Å². The zero-order valence-electron chi connectivity index (χ0n) is 11.3. The van der Waals surface area contributed by atoms with Crippen molar-refractivity contribution in [3.8, 4) is 0 Å². The molecule has 0 spiro atoms. The van der Waals surface area contributed by atoms with E-state index >= 15 is 0 Å². The fourth-order valence-corrected chi connectivity index (χ4v) is 2.15. The molecule has 1 heterocycles.